The smallest absolute Gasteiger partial charge is 0.147 e. The van der Waals surface area contributed by atoms with Crippen molar-refractivity contribution in [1.82, 2.24) is 9.97 Å². The van der Waals surface area contributed by atoms with Crippen molar-refractivity contribution in [3.05, 3.63) is 47.1 Å². The van der Waals surface area contributed by atoms with Crippen molar-refractivity contribution < 1.29 is 9.50 Å². The minimum absolute atomic E-state index is 0.0270. The van der Waals surface area contributed by atoms with Crippen molar-refractivity contribution in [2.24, 2.45) is 5.73 Å². The molecule has 0 bridgehead atoms. The van der Waals surface area contributed by atoms with Crippen molar-refractivity contribution in [2.75, 3.05) is 6.61 Å². The van der Waals surface area contributed by atoms with E-state index in [-0.39, 0.29) is 11.6 Å². The van der Waals surface area contributed by atoms with Gasteiger partial charge in [-0.2, -0.15) is 0 Å². The average molecular weight is 268 g/mol. The summed E-state index contributed by atoms with van der Waals surface area (Å²) in [6, 6.07) is 5.34. The highest BCUT2D eigenvalue weighted by Crippen LogP contribution is 2.23. The summed E-state index contributed by atoms with van der Waals surface area (Å²) < 4.78 is 13.1. The SMILES string of the molecule is NC(CO)c1nccc(-c2ccc(F)c(Cl)c2)n1. The number of hydrogen-bond acceptors (Lipinski definition) is 4. The molecule has 0 aliphatic rings. The van der Waals surface area contributed by atoms with Crippen molar-refractivity contribution in [3.8, 4) is 11.3 Å². The van der Waals surface area contributed by atoms with E-state index in [4.69, 9.17) is 22.4 Å². The number of rotatable bonds is 3. The standard InChI is InChI=1S/C12H11ClFN3O/c13-8-5-7(1-2-9(8)14)11-3-4-16-12(17-11)10(15)6-18/h1-5,10,18H,6,15H2. The lowest BCUT2D eigenvalue weighted by molar-refractivity contribution is 0.263. The summed E-state index contributed by atoms with van der Waals surface area (Å²) >= 11 is 5.71. The lowest BCUT2D eigenvalue weighted by atomic mass is 10.1. The molecular weight excluding hydrogens is 257 g/mol. The number of aliphatic hydroxyl groups excluding tert-OH is 1. The van der Waals surface area contributed by atoms with Crippen LogP contribution in [-0.4, -0.2) is 21.7 Å². The molecule has 0 aliphatic carbocycles. The van der Waals surface area contributed by atoms with Crippen LogP contribution >= 0.6 is 11.6 Å². The Labute approximate surface area is 108 Å². The van der Waals surface area contributed by atoms with Gasteiger partial charge in [0.25, 0.3) is 0 Å². The Morgan fingerprint density at radius 2 is 2.17 bits per heavy atom. The van der Waals surface area contributed by atoms with Gasteiger partial charge in [-0.1, -0.05) is 11.6 Å². The Balaban J connectivity index is 2.41. The summed E-state index contributed by atoms with van der Waals surface area (Å²) in [5, 5.41) is 8.98. The number of nitrogens with zero attached hydrogens (tertiary/aromatic N) is 2. The zero-order valence-corrected chi connectivity index (χ0v) is 10.1. The van der Waals surface area contributed by atoms with Gasteiger partial charge in [0.1, 0.15) is 11.6 Å². The molecule has 1 atom stereocenters. The first-order valence-electron chi connectivity index (χ1n) is 5.26. The molecule has 94 valence electrons. The molecule has 2 aromatic rings. The minimum atomic E-state index is -0.638. The van der Waals surface area contributed by atoms with Crippen LogP contribution in [0.4, 0.5) is 4.39 Å². The quantitative estimate of drug-likeness (QED) is 0.891. The number of hydrogen-bond donors (Lipinski definition) is 2. The van der Waals surface area contributed by atoms with Gasteiger partial charge in [-0.15, -0.1) is 0 Å². The molecule has 0 fully saturated rings. The third-order valence-electron chi connectivity index (χ3n) is 2.42. The maximum atomic E-state index is 13.1. The van der Waals surface area contributed by atoms with E-state index in [1.54, 1.807) is 12.1 Å². The van der Waals surface area contributed by atoms with Crippen molar-refractivity contribution >= 4 is 11.6 Å². The van der Waals surface area contributed by atoms with Gasteiger partial charge in [0.2, 0.25) is 0 Å². The molecule has 18 heavy (non-hydrogen) atoms. The Bertz CT molecular complexity index is 565. The molecule has 0 saturated heterocycles. The van der Waals surface area contributed by atoms with Crippen LogP contribution in [0.5, 0.6) is 0 Å². The van der Waals surface area contributed by atoms with Gasteiger partial charge in [-0.3, -0.25) is 0 Å². The van der Waals surface area contributed by atoms with Gasteiger partial charge in [0.05, 0.1) is 23.4 Å². The second kappa shape index (κ2) is 5.39. The van der Waals surface area contributed by atoms with Crippen LogP contribution < -0.4 is 5.73 Å². The van der Waals surface area contributed by atoms with Gasteiger partial charge in [-0.25, -0.2) is 14.4 Å². The summed E-state index contributed by atoms with van der Waals surface area (Å²) in [4.78, 5) is 8.18. The first kappa shape index (κ1) is 12.9. The Morgan fingerprint density at radius 1 is 1.39 bits per heavy atom. The molecule has 1 unspecified atom stereocenters. The molecule has 4 nitrogen and oxygen atoms in total. The van der Waals surface area contributed by atoms with E-state index < -0.39 is 11.9 Å². The predicted octanol–water partition coefficient (Wildman–Crippen LogP) is 1.93. The third kappa shape index (κ3) is 2.64. The highest BCUT2D eigenvalue weighted by atomic mass is 35.5. The summed E-state index contributed by atoms with van der Waals surface area (Å²) in [6.45, 7) is -0.242. The van der Waals surface area contributed by atoms with E-state index >= 15 is 0 Å². The van der Waals surface area contributed by atoms with Crippen molar-refractivity contribution in [2.45, 2.75) is 6.04 Å². The maximum Gasteiger partial charge on any atom is 0.147 e. The number of halogens is 2. The molecule has 1 aromatic carbocycles. The molecule has 0 spiro atoms. The molecule has 3 N–H and O–H groups in total. The Hall–Kier alpha value is -1.56. The highest BCUT2D eigenvalue weighted by molar-refractivity contribution is 6.31. The van der Waals surface area contributed by atoms with Crippen molar-refractivity contribution in [3.63, 3.8) is 0 Å². The van der Waals surface area contributed by atoms with Crippen LogP contribution in [0.1, 0.15) is 11.9 Å². The van der Waals surface area contributed by atoms with Crippen LogP contribution in [0.3, 0.4) is 0 Å². The maximum absolute atomic E-state index is 13.1. The highest BCUT2D eigenvalue weighted by Gasteiger charge is 2.10. The van der Waals surface area contributed by atoms with Crippen LogP contribution in [0.2, 0.25) is 5.02 Å². The number of aliphatic hydroxyl groups is 1. The summed E-state index contributed by atoms with van der Waals surface area (Å²) in [5.41, 5.74) is 6.87. The predicted molar refractivity (Wildman–Crippen MR) is 66.5 cm³/mol. The van der Waals surface area contributed by atoms with E-state index in [2.05, 4.69) is 9.97 Å². The average Bonchev–Trinajstić information content (AvgIpc) is 2.41. The van der Waals surface area contributed by atoms with Gasteiger partial charge in [0.15, 0.2) is 0 Å². The molecule has 0 amide bonds. The van der Waals surface area contributed by atoms with Gasteiger partial charge in [-0.05, 0) is 24.3 Å². The molecule has 1 heterocycles. The van der Waals surface area contributed by atoms with Crippen molar-refractivity contribution in [1.29, 1.82) is 0 Å². The van der Waals surface area contributed by atoms with E-state index in [0.29, 0.717) is 17.1 Å². The van der Waals surface area contributed by atoms with Crippen LogP contribution in [0.25, 0.3) is 11.3 Å². The number of nitrogens with two attached hydrogens (primary N) is 1. The minimum Gasteiger partial charge on any atom is -0.394 e. The first-order valence-corrected chi connectivity index (χ1v) is 5.64. The zero-order chi connectivity index (χ0) is 13.1. The monoisotopic (exact) mass is 267 g/mol. The first-order chi connectivity index (χ1) is 8.61. The van der Waals surface area contributed by atoms with Gasteiger partial charge >= 0.3 is 0 Å². The Morgan fingerprint density at radius 3 is 2.83 bits per heavy atom. The van der Waals surface area contributed by atoms with E-state index in [1.807, 2.05) is 0 Å². The van der Waals surface area contributed by atoms with Gasteiger partial charge < -0.3 is 10.8 Å². The molecular formula is C12H11ClFN3O. The van der Waals surface area contributed by atoms with Crippen LogP contribution in [0, 0.1) is 5.82 Å². The molecule has 0 saturated carbocycles. The largest absolute Gasteiger partial charge is 0.394 e. The fourth-order valence-electron chi connectivity index (χ4n) is 1.45. The lowest BCUT2D eigenvalue weighted by Gasteiger charge is -2.08. The van der Waals surface area contributed by atoms with Crippen LogP contribution in [0.15, 0.2) is 30.5 Å². The molecule has 2 rings (SSSR count). The third-order valence-corrected chi connectivity index (χ3v) is 2.71. The summed E-state index contributed by atoms with van der Waals surface area (Å²) in [6.07, 6.45) is 1.53. The van der Waals surface area contributed by atoms with E-state index in [9.17, 15) is 4.39 Å². The normalized spacial score (nSPS) is 12.4. The second-order valence-corrected chi connectivity index (χ2v) is 4.13. The molecule has 6 heteroatoms. The van der Waals surface area contributed by atoms with Crippen LogP contribution in [-0.2, 0) is 0 Å². The molecule has 1 aromatic heterocycles. The topological polar surface area (TPSA) is 72.0 Å². The summed E-state index contributed by atoms with van der Waals surface area (Å²) in [5.74, 6) is -0.155. The number of aromatic nitrogens is 2. The fourth-order valence-corrected chi connectivity index (χ4v) is 1.63. The fraction of sp³-hybridized carbons (Fsp3) is 0.167. The molecule has 0 aliphatic heterocycles. The molecule has 0 radical (unpaired) electrons. The zero-order valence-electron chi connectivity index (χ0n) is 9.35. The summed E-state index contributed by atoms with van der Waals surface area (Å²) in [7, 11) is 0. The van der Waals surface area contributed by atoms with E-state index in [0.717, 1.165) is 0 Å². The second-order valence-electron chi connectivity index (χ2n) is 3.72. The lowest BCUT2D eigenvalue weighted by Crippen LogP contribution is -2.17. The van der Waals surface area contributed by atoms with E-state index in [1.165, 1.54) is 18.3 Å². The Kier molecular flexibility index (Phi) is 3.86. The van der Waals surface area contributed by atoms with Gasteiger partial charge in [0, 0.05) is 11.8 Å². The number of benzene rings is 1.